The first-order valence-corrected chi connectivity index (χ1v) is 6.85. The van der Waals surface area contributed by atoms with Crippen LogP contribution in [-0.2, 0) is 14.3 Å². The molecule has 0 aromatic carbocycles. The van der Waals surface area contributed by atoms with E-state index in [1.165, 1.54) is 10.8 Å². The number of nitrogens with one attached hydrogen (secondary N) is 1. The Labute approximate surface area is 134 Å². The third-order valence-electron chi connectivity index (χ3n) is 3.14. The van der Waals surface area contributed by atoms with Gasteiger partial charge in [0.1, 0.15) is 18.8 Å². The van der Waals surface area contributed by atoms with E-state index in [4.69, 9.17) is 20.1 Å². The van der Waals surface area contributed by atoms with Crippen molar-refractivity contribution in [3.8, 4) is 0 Å². The monoisotopic (exact) mass is 346 g/mol. The summed E-state index contributed by atoms with van der Waals surface area (Å²) < 4.78 is 6.54. The Bertz CT molecular complexity index is 696. The topological polar surface area (TPSA) is 179 Å². The number of aryl methyl sites for hydroxylation is 1. The highest BCUT2D eigenvalue weighted by atomic mass is 16.5. The number of nitrogens with zero attached hydrogens (tertiary/aromatic N) is 1. The van der Waals surface area contributed by atoms with Crippen LogP contribution in [0.3, 0.4) is 0 Å². The largest absolute Gasteiger partial charge is 0.481 e. The maximum Gasteiger partial charge on any atom is 0.330 e. The van der Waals surface area contributed by atoms with Crippen molar-refractivity contribution >= 4 is 11.9 Å². The first-order valence-electron chi connectivity index (χ1n) is 6.85. The Hall–Kier alpha value is -2.50. The summed E-state index contributed by atoms with van der Waals surface area (Å²) in [7, 11) is 0. The van der Waals surface area contributed by atoms with E-state index >= 15 is 0 Å². The fourth-order valence-corrected chi connectivity index (χ4v) is 1.98. The highest BCUT2D eigenvalue weighted by Gasteiger charge is 2.34. The van der Waals surface area contributed by atoms with Crippen molar-refractivity contribution in [2.24, 2.45) is 0 Å². The van der Waals surface area contributed by atoms with E-state index in [-0.39, 0.29) is 13.0 Å². The molecule has 2 rings (SSSR count). The highest BCUT2D eigenvalue weighted by molar-refractivity contribution is 5.88. The van der Waals surface area contributed by atoms with Gasteiger partial charge in [-0.2, -0.15) is 0 Å². The van der Waals surface area contributed by atoms with Crippen LogP contribution in [0.2, 0.25) is 0 Å². The van der Waals surface area contributed by atoms with Crippen LogP contribution in [0.1, 0.15) is 24.6 Å². The summed E-state index contributed by atoms with van der Waals surface area (Å²) in [5.74, 6) is -2.62. The molecule has 0 unspecified atom stereocenters. The third-order valence-corrected chi connectivity index (χ3v) is 3.14. The molecule has 0 aliphatic carbocycles. The zero-order valence-corrected chi connectivity index (χ0v) is 12.7. The summed E-state index contributed by atoms with van der Waals surface area (Å²) in [5, 5.41) is 33.9. The standard InChI is InChI=1S/C10H14N2O5.C3H4O4/c1-5-3-12(10(16)11-9(5)15)8-2-6(14)7(4-13)17-8;4-2(5)1-3(6)7/h3,6-8,13-14H,2,4H2,1H3,(H,11,15,16);1H2,(H,4,5)(H,6,7)/t6-,7+,8+;/m0./s1. The van der Waals surface area contributed by atoms with Crippen molar-refractivity contribution in [2.45, 2.75) is 38.2 Å². The summed E-state index contributed by atoms with van der Waals surface area (Å²) in [4.78, 5) is 43.8. The summed E-state index contributed by atoms with van der Waals surface area (Å²) in [6.45, 7) is 1.26. The van der Waals surface area contributed by atoms with Gasteiger partial charge in [0.25, 0.3) is 5.56 Å². The Morgan fingerprint density at radius 2 is 1.92 bits per heavy atom. The van der Waals surface area contributed by atoms with Gasteiger partial charge in [0.2, 0.25) is 0 Å². The first kappa shape index (κ1) is 19.5. The number of carboxylic acid groups (broad SMARTS) is 2. The number of aliphatic carboxylic acids is 2. The smallest absolute Gasteiger partial charge is 0.330 e. The molecule has 0 spiro atoms. The number of ether oxygens (including phenoxy) is 1. The second-order valence-corrected chi connectivity index (χ2v) is 5.06. The number of hydrogen-bond donors (Lipinski definition) is 5. The molecule has 1 aliphatic rings. The maximum absolute atomic E-state index is 11.6. The molecule has 0 saturated carbocycles. The number of carboxylic acids is 2. The van der Waals surface area contributed by atoms with Gasteiger partial charge < -0.3 is 25.2 Å². The Morgan fingerprint density at radius 1 is 1.33 bits per heavy atom. The number of rotatable bonds is 4. The van der Waals surface area contributed by atoms with E-state index in [1.54, 1.807) is 6.92 Å². The fourth-order valence-electron chi connectivity index (χ4n) is 1.98. The molecule has 11 nitrogen and oxygen atoms in total. The van der Waals surface area contributed by atoms with Gasteiger partial charge in [-0.05, 0) is 6.92 Å². The molecule has 24 heavy (non-hydrogen) atoms. The lowest BCUT2D eigenvalue weighted by molar-refractivity contribution is -0.147. The molecular formula is C13H18N2O9. The van der Waals surface area contributed by atoms with Gasteiger partial charge in [0, 0.05) is 18.2 Å². The summed E-state index contributed by atoms with van der Waals surface area (Å²) in [5.41, 5.74) is -0.643. The number of aromatic amines is 1. The van der Waals surface area contributed by atoms with E-state index in [9.17, 15) is 24.3 Å². The zero-order chi connectivity index (χ0) is 18.4. The number of hydrogen-bond acceptors (Lipinski definition) is 7. The molecule has 1 fully saturated rings. The molecule has 1 aromatic rings. The number of carbonyl (C=O) groups is 2. The average molecular weight is 346 g/mol. The van der Waals surface area contributed by atoms with Gasteiger partial charge >= 0.3 is 17.6 Å². The van der Waals surface area contributed by atoms with Crippen LogP contribution in [0, 0.1) is 6.92 Å². The first-order chi connectivity index (χ1) is 11.1. The minimum atomic E-state index is -1.31. The molecule has 0 bridgehead atoms. The van der Waals surface area contributed by atoms with Crippen molar-refractivity contribution in [3.63, 3.8) is 0 Å². The lowest BCUT2D eigenvalue weighted by Gasteiger charge is -2.14. The van der Waals surface area contributed by atoms with Gasteiger partial charge in [-0.15, -0.1) is 0 Å². The average Bonchev–Trinajstić information content (AvgIpc) is 2.83. The molecule has 5 N–H and O–H groups in total. The molecule has 11 heteroatoms. The van der Waals surface area contributed by atoms with E-state index in [2.05, 4.69) is 4.98 Å². The second kappa shape index (κ2) is 8.38. The molecule has 0 radical (unpaired) electrons. The molecule has 1 aromatic heterocycles. The van der Waals surface area contributed by atoms with Gasteiger partial charge in [-0.3, -0.25) is 23.9 Å². The van der Waals surface area contributed by atoms with Gasteiger partial charge in [-0.1, -0.05) is 0 Å². The SMILES string of the molecule is Cc1cn([C@H]2C[C@H](O)[C@@H](CO)O2)c(=O)[nH]c1=O.O=C(O)CC(=O)O. The maximum atomic E-state index is 11.6. The van der Waals surface area contributed by atoms with E-state index < -0.39 is 48.0 Å². The normalized spacial score (nSPS) is 22.5. The Kier molecular flexibility index (Phi) is 6.82. The van der Waals surface area contributed by atoms with Crippen molar-refractivity contribution in [2.75, 3.05) is 6.61 Å². The van der Waals surface area contributed by atoms with Crippen LogP contribution in [0.5, 0.6) is 0 Å². The van der Waals surface area contributed by atoms with Crippen LogP contribution in [0.4, 0.5) is 0 Å². The van der Waals surface area contributed by atoms with E-state index in [1.807, 2.05) is 0 Å². The lowest BCUT2D eigenvalue weighted by Crippen LogP contribution is -2.33. The van der Waals surface area contributed by atoms with Gasteiger partial charge in [0.05, 0.1) is 12.7 Å². The number of aliphatic hydroxyl groups excluding tert-OH is 2. The lowest BCUT2D eigenvalue weighted by atomic mass is 10.2. The highest BCUT2D eigenvalue weighted by Crippen LogP contribution is 2.27. The second-order valence-electron chi connectivity index (χ2n) is 5.06. The van der Waals surface area contributed by atoms with E-state index in [0.717, 1.165) is 0 Å². The number of aromatic nitrogens is 2. The van der Waals surface area contributed by atoms with Crippen LogP contribution in [-0.4, -0.2) is 60.7 Å². The minimum absolute atomic E-state index is 0.205. The van der Waals surface area contributed by atoms with Crippen LogP contribution in [0.25, 0.3) is 0 Å². The van der Waals surface area contributed by atoms with Crippen molar-refractivity contribution < 1.29 is 34.8 Å². The van der Waals surface area contributed by atoms with Crippen molar-refractivity contribution in [1.82, 2.24) is 9.55 Å². The predicted octanol–water partition coefficient (Wildman–Crippen LogP) is -1.97. The third kappa shape index (κ3) is 5.30. The molecule has 134 valence electrons. The number of H-pyrrole nitrogens is 1. The summed E-state index contributed by atoms with van der Waals surface area (Å²) in [6, 6.07) is 0. The minimum Gasteiger partial charge on any atom is -0.481 e. The summed E-state index contributed by atoms with van der Waals surface area (Å²) >= 11 is 0. The quantitative estimate of drug-likeness (QED) is 0.386. The predicted molar refractivity (Wildman–Crippen MR) is 77.6 cm³/mol. The van der Waals surface area contributed by atoms with Crippen LogP contribution in [0.15, 0.2) is 15.8 Å². The zero-order valence-electron chi connectivity index (χ0n) is 12.7. The molecule has 1 saturated heterocycles. The van der Waals surface area contributed by atoms with Gasteiger partial charge in [0.15, 0.2) is 0 Å². The summed E-state index contributed by atoms with van der Waals surface area (Å²) in [6.07, 6.45) is -1.39. The van der Waals surface area contributed by atoms with E-state index in [0.29, 0.717) is 5.56 Å². The number of aliphatic hydroxyl groups is 2. The molecular weight excluding hydrogens is 328 g/mol. The molecule has 0 amide bonds. The fraction of sp³-hybridized carbons (Fsp3) is 0.538. The Balaban J connectivity index is 0.000000351. The van der Waals surface area contributed by atoms with Crippen LogP contribution >= 0.6 is 0 Å². The van der Waals surface area contributed by atoms with Crippen molar-refractivity contribution in [3.05, 3.63) is 32.6 Å². The molecule has 3 atom stereocenters. The van der Waals surface area contributed by atoms with Gasteiger partial charge in [-0.25, -0.2) is 4.79 Å². The molecule has 2 heterocycles. The Morgan fingerprint density at radius 3 is 2.33 bits per heavy atom. The molecule has 1 aliphatic heterocycles. The van der Waals surface area contributed by atoms with Crippen LogP contribution < -0.4 is 11.2 Å². The van der Waals surface area contributed by atoms with Crippen molar-refractivity contribution in [1.29, 1.82) is 0 Å².